The zero-order chi connectivity index (χ0) is 14.8. The highest BCUT2D eigenvalue weighted by Gasteiger charge is 2.46. The minimum Gasteiger partial charge on any atom is -0.375 e. The van der Waals surface area contributed by atoms with Crippen molar-refractivity contribution < 1.29 is 4.74 Å². The summed E-state index contributed by atoms with van der Waals surface area (Å²) in [4.78, 5) is 0. The Morgan fingerprint density at radius 2 is 1.85 bits per heavy atom. The lowest BCUT2D eigenvalue weighted by Gasteiger charge is -2.37. The van der Waals surface area contributed by atoms with Gasteiger partial charge in [0.1, 0.15) is 5.54 Å². The Kier molecular flexibility index (Phi) is 4.76. The van der Waals surface area contributed by atoms with Gasteiger partial charge in [0.2, 0.25) is 0 Å². The largest absolute Gasteiger partial charge is 0.375 e. The number of nitriles is 1. The fourth-order valence-electron chi connectivity index (χ4n) is 3.31. The fraction of sp³-hybridized carbons (Fsp3) is 0.941. The van der Waals surface area contributed by atoms with Gasteiger partial charge in [-0.05, 0) is 63.7 Å². The molecule has 0 aromatic heterocycles. The predicted molar refractivity (Wildman–Crippen MR) is 81.3 cm³/mol. The molecule has 2 aliphatic carbocycles. The Labute approximate surface area is 124 Å². The summed E-state index contributed by atoms with van der Waals surface area (Å²) in [6.45, 7) is 9.45. The molecule has 1 atom stereocenters. The maximum Gasteiger partial charge on any atom is 0.133 e. The SMILES string of the molecule is CC(C)NC(C#N)(COC1CCC(C)(C)CC1)C1CC1. The van der Waals surface area contributed by atoms with Crippen LogP contribution in [-0.4, -0.2) is 24.3 Å². The number of nitrogens with one attached hydrogen (secondary N) is 1. The third-order valence-corrected chi connectivity index (χ3v) is 4.85. The van der Waals surface area contributed by atoms with Crippen LogP contribution < -0.4 is 5.32 Å². The van der Waals surface area contributed by atoms with Gasteiger partial charge in [-0.1, -0.05) is 13.8 Å². The van der Waals surface area contributed by atoms with Crippen LogP contribution in [0.15, 0.2) is 0 Å². The molecule has 3 heteroatoms. The summed E-state index contributed by atoms with van der Waals surface area (Å²) in [7, 11) is 0. The molecule has 3 nitrogen and oxygen atoms in total. The fourth-order valence-corrected chi connectivity index (χ4v) is 3.31. The summed E-state index contributed by atoms with van der Waals surface area (Å²) in [6.07, 6.45) is 7.42. The van der Waals surface area contributed by atoms with E-state index in [1.165, 1.54) is 12.8 Å². The van der Waals surface area contributed by atoms with Gasteiger partial charge in [0.25, 0.3) is 0 Å². The normalized spacial score (nSPS) is 26.2. The van der Waals surface area contributed by atoms with E-state index in [9.17, 15) is 5.26 Å². The Balaban J connectivity index is 1.88. The van der Waals surface area contributed by atoms with Crippen LogP contribution in [0.5, 0.6) is 0 Å². The highest BCUT2D eigenvalue weighted by molar-refractivity contribution is 5.16. The molecule has 2 fully saturated rings. The number of hydrogen-bond acceptors (Lipinski definition) is 3. The van der Waals surface area contributed by atoms with Gasteiger partial charge in [-0.2, -0.15) is 5.26 Å². The molecule has 0 saturated heterocycles. The van der Waals surface area contributed by atoms with Crippen molar-refractivity contribution in [2.24, 2.45) is 11.3 Å². The van der Waals surface area contributed by atoms with Crippen molar-refractivity contribution in [3.63, 3.8) is 0 Å². The molecule has 114 valence electrons. The Bertz CT molecular complexity index is 358. The monoisotopic (exact) mass is 278 g/mol. The first-order chi connectivity index (χ1) is 9.37. The summed E-state index contributed by atoms with van der Waals surface area (Å²) in [6, 6.07) is 2.85. The van der Waals surface area contributed by atoms with Gasteiger partial charge in [-0.3, -0.25) is 5.32 Å². The highest BCUT2D eigenvalue weighted by atomic mass is 16.5. The second-order valence-corrected chi connectivity index (χ2v) is 7.83. The third kappa shape index (κ3) is 3.96. The van der Waals surface area contributed by atoms with E-state index in [1.54, 1.807) is 0 Å². The number of ether oxygens (including phenoxy) is 1. The molecule has 1 unspecified atom stereocenters. The summed E-state index contributed by atoms with van der Waals surface area (Å²) in [5.41, 5.74) is 0.0139. The van der Waals surface area contributed by atoms with E-state index in [1.807, 2.05) is 0 Å². The first-order valence-electron chi connectivity index (χ1n) is 8.17. The minimum atomic E-state index is -0.457. The Morgan fingerprint density at radius 3 is 2.30 bits per heavy atom. The molecular formula is C17H30N2O. The zero-order valence-corrected chi connectivity index (χ0v) is 13.5. The van der Waals surface area contributed by atoms with E-state index in [2.05, 4.69) is 39.1 Å². The third-order valence-electron chi connectivity index (χ3n) is 4.85. The first-order valence-corrected chi connectivity index (χ1v) is 8.17. The van der Waals surface area contributed by atoms with Crippen LogP contribution in [0.3, 0.4) is 0 Å². The van der Waals surface area contributed by atoms with Crippen LogP contribution in [0.2, 0.25) is 0 Å². The van der Waals surface area contributed by atoms with Crippen LogP contribution >= 0.6 is 0 Å². The second kappa shape index (κ2) is 6.03. The summed E-state index contributed by atoms with van der Waals surface area (Å²) >= 11 is 0. The molecule has 0 heterocycles. The topological polar surface area (TPSA) is 45.0 Å². The molecule has 0 aromatic carbocycles. The van der Waals surface area contributed by atoms with Crippen LogP contribution in [0, 0.1) is 22.7 Å². The van der Waals surface area contributed by atoms with Crippen molar-refractivity contribution in [1.82, 2.24) is 5.32 Å². The van der Waals surface area contributed by atoms with Crippen LogP contribution in [0.25, 0.3) is 0 Å². The van der Waals surface area contributed by atoms with Gasteiger partial charge in [-0.15, -0.1) is 0 Å². The first kappa shape index (κ1) is 15.8. The number of nitrogens with zero attached hydrogens (tertiary/aromatic N) is 1. The molecule has 2 saturated carbocycles. The second-order valence-electron chi connectivity index (χ2n) is 7.83. The summed E-state index contributed by atoms with van der Waals surface area (Å²) in [5.74, 6) is 0.481. The van der Waals surface area contributed by atoms with Gasteiger partial charge < -0.3 is 4.74 Å². The standard InChI is InChI=1S/C17H30N2O/c1-13(2)19-17(11-18,14-5-6-14)12-20-15-7-9-16(3,4)10-8-15/h13-15,19H,5-10,12H2,1-4H3. The molecular weight excluding hydrogens is 248 g/mol. The van der Waals surface area contributed by atoms with Crippen LogP contribution in [0.4, 0.5) is 0 Å². The van der Waals surface area contributed by atoms with Gasteiger partial charge in [0, 0.05) is 6.04 Å². The van der Waals surface area contributed by atoms with Crippen molar-refractivity contribution in [1.29, 1.82) is 5.26 Å². The van der Waals surface area contributed by atoms with Crippen molar-refractivity contribution >= 4 is 0 Å². The van der Waals surface area contributed by atoms with E-state index >= 15 is 0 Å². The van der Waals surface area contributed by atoms with E-state index < -0.39 is 5.54 Å². The molecule has 20 heavy (non-hydrogen) atoms. The summed E-state index contributed by atoms with van der Waals surface area (Å²) < 4.78 is 6.15. The van der Waals surface area contributed by atoms with E-state index in [0.29, 0.717) is 30.1 Å². The van der Waals surface area contributed by atoms with Crippen molar-refractivity contribution in [3.8, 4) is 6.07 Å². The van der Waals surface area contributed by atoms with Gasteiger partial charge >= 0.3 is 0 Å². The number of hydrogen-bond donors (Lipinski definition) is 1. The Morgan fingerprint density at radius 1 is 1.25 bits per heavy atom. The van der Waals surface area contributed by atoms with Gasteiger partial charge in [-0.25, -0.2) is 0 Å². The van der Waals surface area contributed by atoms with Gasteiger partial charge in [0.15, 0.2) is 0 Å². The maximum absolute atomic E-state index is 9.66. The molecule has 0 amide bonds. The zero-order valence-electron chi connectivity index (χ0n) is 13.5. The molecule has 0 bridgehead atoms. The number of rotatable bonds is 6. The predicted octanol–water partition coefficient (Wildman–Crippen LogP) is 3.64. The molecule has 1 N–H and O–H groups in total. The lowest BCUT2D eigenvalue weighted by atomic mass is 9.76. The minimum absolute atomic E-state index is 0.323. The smallest absolute Gasteiger partial charge is 0.133 e. The maximum atomic E-state index is 9.66. The Hall–Kier alpha value is -0.590. The van der Waals surface area contributed by atoms with Crippen molar-refractivity contribution in [2.45, 2.75) is 83.9 Å². The average molecular weight is 278 g/mol. The van der Waals surface area contributed by atoms with Crippen LogP contribution in [-0.2, 0) is 4.74 Å². The molecule has 0 spiro atoms. The molecule has 2 rings (SSSR count). The average Bonchev–Trinajstić information content (AvgIpc) is 3.20. The molecule has 0 radical (unpaired) electrons. The summed E-state index contributed by atoms with van der Waals surface area (Å²) in [5, 5.41) is 13.1. The van der Waals surface area contributed by atoms with Crippen molar-refractivity contribution in [3.05, 3.63) is 0 Å². The highest BCUT2D eigenvalue weighted by Crippen LogP contribution is 2.41. The molecule has 0 aromatic rings. The van der Waals surface area contributed by atoms with Crippen LogP contribution in [0.1, 0.15) is 66.2 Å². The van der Waals surface area contributed by atoms with E-state index in [4.69, 9.17) is 4.74 Å². The lowest BCUT2D eigenvalue weighted by molar-refractivity contribution is -0.0208. The molecule has 2 aliphatic rings. The van der Waals surface area contributed by atoms with E-state index in [-0.39, 0.29) is 0 Å². The quantitative estimate of drug-likeness (QED) is 0.806. The molecule has 0 aliphatic heterocycles. The lowest BCUT2D eigenvalue weighted by Crippen LogP contribution is -2.53. The van der Waals surface area contributed by atoms with Gasteiger partial charge in [0.05, 0.1) is 18.8 Å². The van der Waals surface area contributed by atoms with E-state index in [0.717, 1.165) is 25.7 Å². The van der Waals surface area contributed by atoms with Crippen molar-refractivity contribution in [2.75, 3.05) is 6.61 Å².